The van der Waals surface area contributed by atoms with E-state index in [-0.39, 0.29) is 11.6 Å². The number of carbonyl (C=O) groups is 1. The summed E-state index contributed by atoms with van der Waals surface area (Å²) in [7, 11) is 0. The molecule has 0 saturated heterocycles. The Morgan fingerprint density at radius 2 is 2.00 bits per heavy atom. The molecule has 6 heteroatoms. The van der Waals surface area contributed by atoms with Crippen LogP contribution in [0.25, 0.3) is 11.0 Å². The van der Waals surface area contributed by atoms with Crippen LogP contribution in [0.5, 0.6) is 0 Å². The second-order valence-corrected chi connectivity index (χ2v) is 4.50. The molecule has 2 aromatic heterocycles. The van der Waals surface area contributed by atoms with Crippen LogP contribution in [0.1, 0.15) is 28.9 Å². The van der Waals surface area contributed by atoms with Crippen molar-refractivity contribution in [1.82, 2.24) is 20.0 Å². The van der Waals surface area contributed by atoms with Crippen LogP contribution < -0.4 is 0 Å². The number of hydrogen-bond acceptors (Lipinski definition) is 4. The zero-order valence-electron chi connectivity index (χ0n) is 10.8. The summed E-state index contributed by atoms with van der Waals surface area (Å²) in [5.41, 5.74) is 2.65. The molecule has 2 heterocycles. The minimum Gasteiger partial charge on any atom is -0.478 e. The fraction of sp³-hybridized carbons (Fsp3) is 0.143. The number of carboxylic acid groups (broad SMARTS) is 1. The third-order valence-electron chi connectivity index (χ3n) is 3.27. The molecule has 20 heavy (non-hydrogen) atoms. The summed E-state index contributed by atoms with van der Waals surface area (Å²) in [6.07, 6.45) is 3.46. The third-order valence-corrected chi connectivity index (χ3v) is 3.27. The molecule has 3 aromatic rings. The number of rotatable bonds is 3. The van der Waals surface area contributed by atoms with E-state index in [2.05, 4.69) is 15.3 Å². The first-order valence-electron chi connectivity index (χ1n) is 6.15. The van der Waals surface area contributed by atoms with Crippen molar-refractivity contribution in [3.63, 3.8) is 0 Å². The van der Waals surface area contributed by atoms with Crippen LogP contribution in [0, 0.1) is 0 Å². The van der Waals surface area contributed by atoms with Gasteiger partial charge in [0.1, 0.15) is 5.52 Å². The van der Waals surface area contributed by atoms with Crippen LogP contribution in [0.15, 0.2) is 42.7 Å². The predicted molar refractivity (Wildman–Crippen MR) is 72.5 cm³/mol. The van der Waals surface area contributed by atoms with Gasteiger partial charge in [0.2, 0.25) is 0 Å². The number of aromatic carboxylic acids is 1. The van der Waals surface area contributed by atoms with E-state index in [4.69, 9.17) is 5.11 Å². The van der Waals surface area contributed by atoms with Gasteiger partial charge in [0.05, 0.1) is 17.1 Å². The zero-order valence-corrected chi connectivity index (χ0v) is 10.8. The molecular formula is C14H12N4O2. The third kappa shape index (κ3) is 2.01. The van der Waals surface area contributed by atoms with Gasteiger partial charge in [0, 0.05) is 12.4 Å². The van der Waals surface area contributed by atoms with E-state index < -0.39 is 5.97 Å². The van der Waals surface area contributed by atoms with E-state index in [1.165, 1.54) is 6.07 Å². The van der Waals surface area contributed by atoms with Crippen LogP contribution in [-0.2, 0) is 0 Å². The molecule has 3 rings (SSSR count). The Balaban J connectivity index is 2.07. The summed E-state index contributed by atoms with van der Waals surface area (Å²) in [6, 6.07) is 8.66. The molecule has 0 aliphatic carbocycles. The van der Waals surface area contributed by atoms with Gasteiger partial charge in [0.25, 0.3) is 0 Å². The first-order chi connectivity index (χ1) is 9.66. The lowest BCUT2D eigenvalue weighted by Crippen LogP contribution is -2.08. The number of aromatic nitrogens is 4. The molecule has 0 radical (unpaired) electrons. The van der Waals surface area contributed by atoms with Gasteiger partial charge in [-0.2, -0.15) is 0 Å². The number of pyridine rings is 1. The zero-order chi connectivity index (χ0) is 14.1. The predicted octanol–water partition coefficient (Wildman–Crippen LogP) is 2.13. The lowest BCUT2D eigenvalue weighted by Gasteiger charge is -2.12. The van der Waals surface area contributed by atoms with Crippen molar-refractivity contribution in [3.05, 3.63) is 53.9 Å². The quantitative estimate of drug-likeness (QED) is 0.787. The highest BCUT2D eigenvalue weighted by Gasteiger charge is 2.14. The SMILES string of the molecule is CC(c1ccncc1)n1nnc2cc(C(=O)O)ccc21. The maximum absolute atomic E-state index is 10.9. The Morgan fingerprint density at radius 3 is 2.70 bits per heavy atom. The lowest BCUT2D eigenvalue weighted by atomic mass is 10.1. The Hall–Kier alpha value is -2.76. The number of fused-ring (bicyclic) bond motifs is 1. The van der Waals surface area contributed by atoms with Crippen molar-refractivity contribution in [2.24, 2.45) is 0 Å². The Morgan fingerprint density at radius 1 is 1.25 bits per heavy atom. The van der Waals surface area contributed by atoms with Gasteiger partial charge in [0.15, 0.2) is 0 Å². The molecule has 1 atom stereocenters. The highest BCUT2D eigenvalue weighted by Crippen LogP contribution is 2.22. The molecule has 1 N–H and O–H groups in total. The summed E-state index contributed by atoms with van der Waals surface area (Å²) < 4.78 is 1.77. The van der Waals surface area contributed by atoms with Crippen molar-refractivity contribution in [2.75, 3.05) is 0 Å². The first-order valence-corrected chi connectivity index (χ1v) is 6.15. The Labute approximate surface area is 114 Å². The molecule has 1 unspecified atom stereocenters. The monoisotopic (exact) mass is 268 g/mol. The average molecular weight is 268 g/mol. The van der Waals surface area contributed by atoms with Crippen molar-refractivity contribution < 1.29 is 9.90 Å². The highest BCUT2D eigenvalue weighted by atomic mass is 16.4. The van der Waals surface area contributed by atoms with E-state index in [9.17, 15) is 4.79 Å². The maximum atomic E-state index is 10.9. The maximum Gasteiger partial charge on any atom is 0.335 e. The largest absolute Gasteiger partial charge is 0.478 e. The Bertz CT molecular complexity index is 767. The van der Waals surface area contributed by atoms with Crippen LogP contribution in [0.4, 0.5) is 0 Å². The lowest BCUT2D eigenvalue weighted by molar-refractivity contribution is 0.0697. The van der Waals surface area contributed by atoms with Gasteiger partial charge >= 0.3 is 5.97 Å². The number of nitrogens with zero attached hydrogens (tertiary/aromatic N) is 4. The van der Waals surface area contributed by atoms with Gasteiger partial charge in [-0.05, 0) is 42.8 Å². The van der Waals surface area contributed by atoms with E-state index in [1.54, 1.807) is 29.2 Å². The average Bonchev–Trinajstić information content (AvgIpc) is 2.90. The summed E-state index contributed by atoms with van der Waals surface area (Å²) in [5.74, 6) is -0.969. The molecule has 0 aliphatic rings. The summed E-state index contributed by atoms with van der Waals surface area (Å²) in [5, 5.41) is 17.1. The van der Waals surface area contributed by atoms with Crippen LogP contribution >= 0.6 is 0 Å². The number of carboxylic acids is 1. The molecular weight excluding hydrogens is 256 g/mol. The fourth-order valence-corrected chi connectivity index (χ4v) is 2.14. The van der Waals surface area contributed by atoms with E-state index in [0.29, 0.717) is 5.52 Å². The molecule has 0 aliphatic heterocycles. The van der Waals surface area contributed by atoms with Crippen molar-refractivity contribution in [1.29, 1.82) is 0 Å². The fourth-order valence-electron chi connectivity index (χ4n) is 2.14. The highest BCUT2D eigenvalue weighted by molar-refractivity contribution is 5.92. The number of benzene rings is 1. The second-order valence-electron chi connectivity index (χ2n) is 4.50. The van der Waals surface area contributed by atoms with Gasteiger partial charge in [-0.1, -0.05) is 5.21 Å². The minimum absolute atomic E-state index is 0.00122. The molecule has 0 bridgehead atoms. The van der Waals surface area contributed by atoms with Crippen LogP contribution in [-0.4, -0.2) is 31.1 Å². The van der Waals surface area contributed by atoms with E-state index >= 15 is 0 Å². The summed E-state index contributed by atoms with van der Waals surface area (Å²) >= 11 is 0. The van der Waals surface area contributed by atoms with Gasteiger partial charge < -0.3 is 5.11 Å². The summed E-state index contributed by atoms with van der Waals surface area (Å²) in [4.78, 5) is 14.9. The van der Waals surface area contributed by atoms with Crippen LogP contribution in [0.3, 0.4) is 0 Å². The molecule has 0 saturated carbocycles. The summed E-state index contributed by atoms with van der Waals surface area (Å²) in [6.45, 7) is 2.01. The minimum atomic E-state index is -0.969. The molecule has 100 valence electrons. The van der Waals surface area contributed by atoms with E-state index in [0.717, 1.165) is 11.1 Å². The Kier molecular flexibility index (Phi) is 2.90. The van der Waals surface area contributed by atoms with Gasteiger partial charge in [-0.25, -0.2) is 9.48 Å². The van der Waals surface area contributed by atoms with Crippen LogP contribution in [0.2, 0.25) is 0 Å². The molecule has 0 fully saturated rings. The standard InChI is InChI=1S/C14H12N4O2/c1-9(10-4-6-15-7-5-10)18-13-3-2-11(14(19)20)8-12(13)16-17-18/h2-9H,1H3,(H,19,20). The van der Waals surface area contributed by atoms with Gasteiger partial charge in [-0.3, -0.25) is 4.98 Å². The smallest absolute Gasteiger partial charge is 0.335 e. The van der Waals surface area contributed by atoms with Gasteiger partial charge in [-0.15, -0.1) is 5.10 Å². The molecule has 0 spiro atoms. The van der Waals surface area contributed by atoms with Crippen molar-refractivity contribution in [2.45, 2.75) is 13.0 Å². The molecule has 1 aromatic carbocycles. The second kappa shape index (κ2) is 4.73. The normalized spacial score (nSPS) is 12.4. The van der Waals surface area contributed by atoms with Crippen molar-refractivity contribution >= 4 is 17.0 Å². The number of hydrogen-bond donors (Lipinski definition) is 1. The van der Waals surface area contributed by atoms with Crippen molar-refractivity contribution in [3.8, 4) is 0 Å². The first kappa shape index (κ1) is 12.3. The molecule has 0 amide bonds. The topological polar surface area (TPSA) is 80.9 Å². The van der Waals surface area contributed by atoms with E-state index in [1.807, 2.05) is 19.1 Å². The molecule has 6 nitrogen and oxygen atoms in total.